The zero-order valence-corrected chi connectivity index (χ0v) is 10.5. The average Bonchev–Trinajstić information content (AvgIpc) is 2.97. The summed E-state index contributed by atoms with van der Waals surface area (Å²) < 4.78 is 5.47. The molecule has 1 aliphatic carbocycles. The smallest absolute Gasteiger partial charge is 0.105 e. The van der Waals surface area contributed by atoms with Gasteiger partial charge in [0.1, 0.15) is 5.76 Å². The number of likely N-dealkylation sites (N-methyl/N-ethyl adjacent to an activating group) is 1. The monoisotopic (exact) mass is 221 g/mol. The van der Waals surface area contributed by atoms with E-state index in [-0.39, 0.29) is 0 Å². The molecule has 2 nitrogen and oxygen atoms in total. The van der Waals surface area contributed by atoms with Crippen molar-refractivity contribution < 1.29 is 4.42 Å². The van der Waals surface area contributed by atoms with Crippen molar-refractivity contribution in [1.29, 1.82) is 0 Å². The van der Waals surface area contributed by atoms with Gasteiger partial charge >= 0.3 is 0 Å². The standard InChI is InChI=1S/C14H23NO/c1-3-14(8-4-5-9-14)13(15-2)11-12-7-6-10-16-12/h6-7,10,13,15H,3-5,8-9,11H2,1-2H3. The summed E-state index contributed by atoms with van der Waals surface area (Å²) in [5.41, 5.74) is 0.502. The molecule has 1 aliphatic rings. The molecule has 90 valence electrons. The highest BCUT2D eigenvalue weighted by Crippen LogP contribution is 2.44. The van der Waals surface area contributed by atoms with Crippen molar-refractivity contribution in [2.75, 3.05) is 7.05 Å². The van der Waals surface area contributed by atoms with E-state index in [4.69, 9.17) is 4.42 Å². The van der Waals surface area contributed by atoms with Gasteiger partial charge in [-0.2, -0.15) is 0 Å². The molecule has 0 saturated heterocycles. The number of hydrogen-bond donors (Lipinski definition) is 1. The van der Waals surface area contributed by atoms with Crippen LogP contribution in [0.4, 0.5) is 0 Å². The highest BCUT2D eigenvalue weighted by atomic mass is 16.3. The minimum absolute atomic E-state index is 0.502. The molecule has 2 heteroatoms. The quantitative estimate of drug-likeness (QED) is 0.824. The Kier molecular flexibility index (Phi) is 3.70. The van der Waals surface area contributed by atoms with Gasteiger partial charge in [-0.05, 0) is 43.9 Å². The Morgan fingerprint density at radius 1 is 1.44 bits per heavy atom. The summed E-state index contributed by atoms with van der Waals surface area (Å²) in [6.45, 7) is 2.33. The van der Waals surface area contributed by atoms with Gasteiger partial charge in [0, 0.05) is 12.5 Å². The fraction of sp³-hybridized carbons (Fsp3) is 0.714. The molecule has 0 spiro atoms. The van der Waals surface area contributed by atoms with E-state index in [0.717, 1.165) is 12.2 Å². The van der Waals surface area contributed by atoms with E-state index in [1.807, 2.05) is 6.07 Å². The normalized spacial score (nSPS) is 21.1. The van der Waals surface area contributed by atoms with Gasteiger partial charge in [0.05, 0.1) is 6.26 Å². The largest absolute Gasteiger partial charge is 0.469 e. The fourth-order valence-electron chi connectivity index (χ4n) is 3.28. The molecule has 0 amide bonds. The van der Waals surface area contributed by atoms with Gasteiger partial charge in [-0.15, -0.1) is 0 Å². The van der Waals surface area contributed by atoms with Crippen LogP contribution in [0, 0.1) is 5.41 Å². The Hall–Kier alpha value is -0.760. The number of hydrogen-bond acceptors (Lipinski definition) is 2. The van der Waals surface area contributed by atoms with E-state index in [9.17, 15) is 0 Å². The van der Waals surface area contributed by atoms with E-state index in [1.165, 1.54) is 32.1 Å². The molecule has 16 heavy (non-hydrogen) atoms. The summed E-state index contributed by atoms with van der Waals surface area (Å²) in [7, 11) is 2.09. The van der Waals surface area contributed by atoms with Gasteiger partial charge in [0.15, 0.2) is 0 Å². The summed E-state index contributed by atoms with van der Waals surface area (Å²) in [5.74, 6) is 1.11. The van der Waals surface area contributed by atoms with Crippen LogP contribution in [0.15, 0.2) is 22.8 Å². The van der Waals surface area contributed by atoms with Crippen molar-refractivity contribution in [1.82, 2.24) is 5.32 Å². The third-order valence-electron chi connectivity index (χ3n) is 4.38. The summed E-state index contributed by atoms with van der Waals surface area (Å²) in [6.07, 6.45) is 9.60. The van der Waals surface area contributed by atoms with Crippen LogP contribution in [-0.2, 0) is 6.42 Å². The van der Waals surface area contributed by atoms with Gasteiger partial charge in [0.2, 0.25) is 0 Å². The number of furan rings is 1. The molecule has 1 aromatic rings. The third-order valence-corrected chi connectivity index (χ3v) is 4.38. The Labute approximate surface area is 98.4 Å². The lowest BCUT2D eigenvalue weighted by molar-refractivity contribution is 0.186. The molecule has 0 radical (unpaired) electrons. The Morgan fingerprint density at radius 3 is 2.69 bits per heavy atom. The van der Waals surface area contributed by atoms with Crippen molar-refractivity contribution in [3.63, 3.8) is 0 Å². The first kappa shape index (κ1) is 11.7. The second-order valence-corrected chi connectivity index (χ2v) is 5.05. The van der Waals surface area contributed by atoms with Crippen LogP contribution in [0.1, 0.15) is 44.8 Å². The maximum Gasteiger partial charge on any atom is 0.105 e. The molecule has 2 rings (SSSR count). The molecule has 1 aromatic heterocycles. The molecular weight excluding hydrogens is 198 g/mol. The first-order valence-corrected chi connectivity index (χ1v) is 6.50. The highest BCUT2D eigenvalue weighted by molar-refractivity contribution is 5.04. The summed E-state index contributed by atoms with van der Waals surface area (Å²) in [6, 6.07) is 4.63. The van der Waals surface area contributed by atoms with Crippen LogP contribution < -0.4 is 5.32 Å². The Balaban J connectivity index is 2.08. The molecule has 0 aromatic carbocycles. The predicted molar refractivity (Wildman–Crippen MR) is 66.5 cm³/mol. The van der Waals surface area contributed by atoms with Gasteiger partial charge < -0.3 is 9.73 Å². The van der Waals surface area contributed by atoms with Crippen LogP contribution in [-0.4, -0.2) is 13.1 Å². The van der Waals surface area contributed by atoms with Crippen molar-refractivity contribution in [3.05, 3.63) is 24.2 Å². The van der Waals surface area contributed by atoms with E-state index in [2.05, 4.69) is 25.4 Å². The number of rotatable bonds is 5. The summed E-state index contributed by atoms with van der Waals surface area (Å²) in [5, 5.41) is 3.51. The van der Waals surface area contributed by atoms with Crippen LogP contribution >= 0.6 is 0 Å². The van der Waals surface area contributed by atoms with Crippen molar-refractivity contribution >= 4 is 0 Å². The lowest BCUT2D eigenvalue weighted by Gasteiger charge is -2.36. The summed E-state index contributed by atoms with van der Waals surface area (Å²) >= 11 is 0. The average molecular weight is 221 g/mol. The molecule has 1 saturated carbocycles. The minimum Gasteiger partial charge on any atom is -0.469 e. The van der Waals surface area contributed by atoms with Crippen LogP contribution in [0.2, 0.25) is 0 Å². The maximum atomic E-state index is 5.47. The lowest BCUT2D eigenvalue weighted by Crippen LogP contribution is -2.43. The molecule has 1 unspecified atom stereocenters. The van der Waals surface area contributed by atoms with E-state index in [0.29, 0.717) is 11.5 Å². The molecule has 1 atom stereocenters. The van der Waals surface area contributed by atoms with Crippen molar-refractivity contribution in [2.24, 2.45) is 5.41 Å². The van der Waals surface area contributed by atoms with Gasteiger partial charge in [-0.1, -0.05) is 19.8 Å². The first-order valence-electron chi connectivity index (χ1n) is 6.50. The van der Waals surface area contributed by atoms with Gasteiger partial charge in [-0.25, -0.2) is 0 Å². The van der Waals surface area contributed by atoms with Gasteiger partial charge in [-0.3, -0.25) is 0 Å². The topological polar surface area (TPSA) is 25.2 Å². The van der Waals surface area contributed by atoms with Gasteiger partial charge in [0.25, 0.3) is 0 Å². The van der Waals surface area contributed by atoms with Crippen molar-refractivity contribution in [2.45, 2.75) is 51.5 Å². The molecule has 1 N–H and O–H groups in total. The predicted octanol–water partition coefficient (Wildman–Crippen LogP) is 3.38. The minimum atomic E-state index is 0.502. The highest BCUT2D eigenvalue weighted by Gasteiger charge is 2.39. The molecular formula is C14H23NO. The summed E-state index contributed by atoms with van der Waals surface area (Å²) in [4.78, 5) is 0. The Bertz CT molecular complexity index is 299. The SMILES string of the molecule is CCC1(C(Cc2ccco2)NC)CCCC1. The zero-order valence-electron chi connectivity index (χ0n) is 10.5. The second-order valence-electron chi connectivity index (χ2n) is 5.05. The third kappa shape index (κ3) is 2.17. The second kappa shape index (κ2) is 5.05. The zero-order chi connectivity index (χ0) is 11.4. The fourth-order valence-corrected chi connectivity index (χ4v) is 3.28. The molecule has 0 aliphatic heterocycles. The lowest BCUT2D eigenvalue weighted by atomic mass is 9.74. The van der Waals surface area contributed by atoms with Crippen LogP contribution in [0.25, 0.3) is 0 Å². The van der Waals surface area contributed by atoms with Crippen LogP contribution in [0.5, 0.6) is 0 Å². The van der Waals surface area contributed by atoms with E-state index >= 15 is 0 Å². The van der Waals surface area contributed by atoms with E-state index < -0.39 is 0 Å². The maximum absolute atomic E-state index is 5.47. The molecule has 0 bridgehead atoms. The molecule has 1 fully saturated rings. The molecule has 1 heterocycles. The van der Waals surface area contributed by atoms with E-state index in [1.54, 1.807) is 6.26 Å². The Morgan fingerprint density at radius 2 is 2.19 bits per heavy atom. The first-order chi connectivity index (χ1) is 7.80. The number of nitrogens with one attached hydrogen (secondary N) is 1. The van der Waals surface area contributed by atoms with Crippen LogP contribution in [0.3, 0.4) is 0 Å². The van der Waals surface area contributed by atoms with Crippen molar-refractivity contribution in [3.8, 4) is 0 Å².